The summed E-state index contributed by atoms with van der Waals surface area (Å²) in [5.41, 5.74) is 0.297. The molecule has 4 nitrogen and oxygen atoms in total. The number of aromatic nitrogens is 2. The topological polar surface area (TPSA) is 41.3 Å². The van der Waals surface area contributed by atoms with E-state index in [1.165, 1.54) is 6.07 Å². The number of aryl methyl sites for hydroxylation is 1. The molecule has 0 saturated carbocycles. The number of imidazole rings is 1. The van der Waals surface area contributed by atoms with Gasteiger partial charge in [0.05, 0.1) is 12.6 Å². The summed E-state index contributed by atoms with van der Waals surface area (Å²) in [4.78, 5) is 6.27. The highest BCUT2D eigenvalue weighted by Gasteiger charge is 2.34. The first kappa shape index (κ1) is 15.1. The average molecular weight is 307 g/mol. The summed E-state index contributed by atoms with van der Waals surface area (Å²) in [6.07, 6.45) is 3.47. The molecular weight excluding hydrogens is 288 g/mol. The van der Waals surface area contributed by atoms with E-state index < -0.39 is 17.7 Å². The van der Waals surface area contributed by atoms with Gasteiger partial charge in [0.1, 0.15) is 17.5 Å². The van der Waals surface area contributed by atoms with Crippen molar-refractivity contribution in [3.05, 3.63) is 53.6 Å². The Balaban J connectivity index is 1.87. The van der Waals surface area contributed by atoms with Gasteiger partial charge in [0.2, 0.25) is 0 Å². The molecule has 0 aliphatic carbocycles. The van der Waals surface area contributed by atoms with Gasteiger partial charge in [-0.3, -0.25) is 4.90 Å². The summed E-state index contributed by atoms with van der Waals surface area (Å²) in [6, 6.07) is 3.13. The summed E-state index contributed by atoms with van der Waals surface area (Å²) < 4.78 is 29.5. The molecule has 6 heteroatoms. The van der Waals surface area contributed by atoms with Crippen LogP contribution in [0.2, 0.25) is 0 Å². The van der Waals surface area contributed by atoms with Gasteiger partial charge in [-0.1, -0.05) is 0 Å². The lowest BCUT2D eigenvalue weighted by atomic mass is 10.0. The van der Waals surface area contributed by atoms with Gasteiger partial charge in [0.15, 0.2) is 0 Å². The molecule has 2 aromatic rings. The fourth-order valence-electron chi connectivity index (χ4n) is 3.11. The summed E-state index contributed by atoms with van der Waals surface area (Å²) in [5, 5.41) is 9.96. The predicted octanol–water partition coefficient (Wildman–Crippen LogP) is 2.49. The third kappa shape index (κ3) is 2.89. The van der Waals surface area contributed by atoms with Crippen LogP contribution in [0, 0.1) is 11.6 Å². The first-order valence-corrected chi connectivity index (χ1v) is 7.45. The molecule has 1 aromatic carbocycles. The van der Waals surface area contributed by atoms with Crippen LogP contribution in [-0.4, -0.2) is 32.2 Å². The van der Waals surface area contributed by atoms with Crippen molar-refractivity contribution in [3.63, 3.8) is 0 Å². The van der Waals surface area contributed by atoms with Crippen LogP contribution in [0.25, 0.3) is 0 Å². The van der Waals surface area contributed by atoms with Crippen molar-refractivity contribution in [1.29, 1.82) is 0 Å². The normalized spacial score (nSPS) is 22.4. The minimum atomic E-state index is -0.544. The molecule has 0 bridgehead atoms. The second-order valence-electron chi connectivity index (χ2n) is 5.63. The Labute approximate surface area is 128 Å². The van der Waals surface area contributed by atoms with Crippen LogP contribution in [0.4, 0.5) is 8.78 Å². The highest BCUT2D eigenvalue weighted by atomic mass is 19.1. The van der Waals surface area contributed by atoms with Gasteiger partial charge in [-0.25, -0.2) is 13.8 Å². The second kappa shape index (κ2) is 6.14. The fraction of sp³-hybridized carbons (Fsp3) is 0.438. The highest BCUT2D eigenvalue weighted by Crippen LogP contribution is 2.34. The molecular formula is C16H19F2N3O. The van der Waals surface area contributed by atoms with E-state index in [1.54, 1.807) is 6.20 Å². The standard InChI is InChI=1S/C16H19F2N3O/c1-2-20-6-5-19-16(20)10-21-9-12(22)8-15(21)13-7-11(17)3-4-14(13)18/h3-7,12,15,22H,2,8-10H2,1H3. The number of halogens is 2. The van der Waals surface area contributed by atoms with E-state index >= 15 is 0 Å². The highest BCUT2D eigenvalue weighted by molar-refractivity contribution is 5.24. The summed E-state index contributed by atoms with van der Waals surface area (Å²) in [5.74, 6) is -0.0458. The van der Waals surface area contributed by atoms with E-state index in [2.05, 4.69) is 4.98 Å². The van der Waals surface area contributed by atoms with Gasteiger partial charge >= 0.3 is 0 Å². The number of β-amino-alcohol motifs (C(OH)–C–C–N with tert-alkyl or cyclic N) is 1. The third-order valence-electron chi connectivity index (χ3n) is 4.19. The Kier molecular flexibility index (Phi) is 4.22. The smallest absolute Gasteiger partial charge is 0.128 e. The minimum Gasteiger partial charge on any atom is -0.392 e. The largest absolute Gasteiger partial charge is 0.392 e. The number of benzene rings is 1. The SMILES string of the molecule is CCn1ccnc1CN1CC(O)CC1c1cc(F)ccc1F. The van der Waals surface area contributed by atoms with Gasteiger partial charge in [-0.2, -0.15) is 0 Å². The van der Waals surface area contributed by atoms with Crippen LogP contribution in [0.5, 0.6) is 0 Å². The van der Waals surface area contributed by atoms with Crippen LogP contribution in [-0.2, 0) is 13.1 Å². The van der Waals surface area contributed by atoms with Crippen molar-refractivity contribution in [2.75, 3.05) is 6.54 Å². The molecule has 2 heterocycles. The molecule has 1 aromatic heterocycles. The first-order valence-electron chi connectivity index (χ1n) is 7.45. The molecule has 118 valence electrons. The Morgan fingerprint density at radius 2 is 2.18 bits per heavy atom. The molecule has 0 radical (unpaired) electrons. The molecule has 2 unspecified atom stereocenters. The van der Waals surface area contributed by atoms with Crippen molar-refractivity contribution in [2.24, 2.45) is 0 Å². The van der Waals surface area contributed by atoms with Gasteiger partial charge in [-0.15, -0.1) is 0 Å². The van der Waals surface area contributed by atoms with E-state index in [9.17, 15) is 13.9 Å². The average Bonchev–Trinajstić information content (AvgIpc) is 3.08. The number of rotatable bonds is 4. The number of hydrogen-bond donors (Lipinski definition) is 1. The molecule has 22 heavy (non-hydrogen) atoms. The van der Waals surface area contributed by atoms with Crippen LogP contribution < -0.4 is 0 Å². The Morgan fingerprint density at radius 3 is 2.95 bits per heavy atom. The fourth-order valence-corrected chi connectivity index (χ4v) is 3.11. The molecule has 1 saturated heterocycles. The molecule has 1 fully saturated rings. The second-order valence-corrected chi connectivity index (χ2v) is 5.63. The summed E-state index contributed by atoms with van der Waals surface area (Å²) in [6.45, 7) is 3.74. The van der Waals surface area contributed by atoms with Crippen LogP contribution >= 0.6 is 0 Å². The zero-order chi connectivity index (χ0) is 15.7. The lowest BCUT2D eigenvalue weighted by Crippen LogP contribution is -2.26. The maximum absolute atomic E-state index is 14.1. The zero-order valence-corrected chi connectivity index (χ0v) is 12.4. The summed E-state index contributed by atoms with van der Waals surface area (Å²) in [7, 11) is 0. The lowest BCUT2D eigenvalue weighted by Gasteiger charge is -2.24. The van der Waals surface area contributed by atoms with Crippen molar-refractivity contribution in [3.8, 4) is 0 Å². The van der Waals surface area contributed by atoms with E-state index in [0.717, 1.165) is 24.5 Å². The van der Waals surface area contributed by atoms with Crippen LogP contribution in [0.15, 0.2) is 30.6 Å². The van der Waals surface area contributed by atoms with E-state index in [-0.39, 0.29) is 6.04 Å². The van der Waals surface area contributed by atoms with Crippen molar-refractivity contribution < 1.29 is 13.9 Å². The quantitative estimate of drug-likeness (QED) is 0.943. The molecule has 1 aliphatic heterocycles. The Morgan fingerprint density at radius 1 is 1.36 bits per heavy atom. The molecule has 0 amide bonds. The van der Waals surface area contributed by atoms with E-state index in [0.29, 0.717) is 25.1 Å². The Hall–Kier alpha value is -1.79. The van der Waals surface area contributed by atoms with Crippen LogP contribution in [0.1, 0.15) is 30.8 Å². The minimum absolute atomic E-state index is 0.297. The van der Waals surface area contributed by atoms with E-state index in [4.69, 9.17) is 0 Å². The maximum Gasteiger partial charge on any atom is 0.128 e. The van der Waals surface area contributed by atoms with Gasteiger partial charge in [0.25, 0.3) is 0 Å². The van der Waals surface area contributed by atoms with Crippen LogP contribution in [0.3, 0.4) is 0 Å². The molecule has 2 atom stereocenters. The van der Waals surface area contributed by atoms with Crippen molar-refractivity contribution in [2.45, 2.75) is 38.6 Å². The van der Waals surface area contributed by atoms with Crippen molar-refractivity contribution in [1.82, 2.24) is 14.5 Å². The number of hydrogen-bond acceptors (Lipinski definition) is 3. The van der Waals surface area contributed by atoms with Gasteiger partial charge < -0.3 is 9.67 Å². The number of aliphatic hydroxyl groups excluding tert-OH is 1. The van der Waals surface area contributed by atoms with E-state index in [1.807, 2.05) is 22.6 Å². The third-order valence-corrected chi connectivity index (χ3v) is 4.19. The Bertz CT molecular complexity index is 659. The maximum atomic E-state index is 14.1. The van der Waals surface area contributed by atoms with Crippen molar-refractivity contribution >= 4 is 0 Å². The number of aliphatic hydroxyl groups is 1. The lowest BCUT2D eigenvalue weighted by molar-refractivity contribution is 0.170. The predicted molar refractivity (Wildman–Crippen MR) is 78.0 cm³/mol. The number of nitrogens with zero attached hydrogens (tertiary/aromatic N) is 3. The molecule has 0 spiro atoms. The summed E-state index contributed by atoms with van der Waals surface area (Å²) >= 11 is 0. The zero-order valence-electron chi connectivity index (χ0n) is 12.4. The van der Waals surface area contributed by atoms with Gasteiger partial charge in [-0.05, 0) is 31.5 Å². The molecule has 1 aliphatic rings. The molecule has 1 N–H and O–H groups in total. The first-order chi connectivity index (χ1) is 10.6. The number of likely N-dealkylation sites (tertiary alicyclic amines) is 1. The molecule has 3 rings (SSSR count). The monoisotopic (exact) mass is 307 g/mol. The van der Waals surface area contributed by atoms with Gasteiger partial charge in [0, 0.05) is 37.1 Å².